The number of carbonyl (C=O) groups is 1. The van der Waals surface area contributed by atoms with Crippen molar-refractivity contribution < 1.29 is 19.0 Å². The maximum atomic E-state index is 12.1. The molecule has 2 N–H and O–H groups in total. The second-order valence-corrected chi connectivity index (χ2v) is 6.18. The van der Waals surface area contributed by atoms with Gasteiger partial charge >= 0.3 is 6.03 Å². The third kappa shape index (κ3) is 7.55. The van der Waals surface area contributed by atoms with Crippen molar-refractivity contribution in [2.45, 2.75) is 39.7 Å². The minimum absolute atomic E-state index is 0.128. The lowest BCUT2D eigenvalue weighted by Crippen LogP contribution is -2.36. The first-order valence-corrected chi connectivity index (χ1v) is 8.33. The molecule has 0 fully saturated rings. The van der Waals surface area contributed by atoms with E-state index in [1.54, 1.807) is 32.4 Å². The van der Waals surface area contributed by atoms with Gasteiger partial charge in [0, 0.05) is 24.9 Å². The summed E-state index contributed by atoms with van der Waals surface area (Å²) in [6.07, 6.45) is 2.04. The summed E-state index contributed by atoms with van der Waals surface area (Å²) >= 11 is 0. The van der Waals surface area contributed by atoms with Gasteiger partial charge < -0.3 is 24.8 Å². The Morgan fingerprint density at radius 3 is 2.46 bits per heavy atom. The number of hydrogen-bond acceptors (Lipinski definition) is 4. The number of rotatable bonds is 10. The van der Waals surface area contributed by atoms with Crippen LogP contribution in [0.3, 0.4) is 0 Å². The zero-order chi connectivity index (χ0) is 17.9. The maximum Gasteiger partial charge on any atom is 0.319 e. The Labute approximate surface area is 144 Å². The number of benzene rings is 1. The molecule has 6 heteroatoms. The highest BCUT2D eigenvalue weighted by Gasteiger charge is 2.11. The summed E-state index contributed by atoms with van der Waals surface area (Å²) in [5.74, 6) is 1.81. The highest BCUT2D eigenvalue weighted by molar-refractivity contribution is 5.89. The van der Waals surface area contributed by atoms with Crippen molar-refractivity contribution in [1.29, 1.82) is 0 Å². The molecule has 0 radical (unpaired) electrons. The smallest absolute Gasteiger partial charge is 0.319 e. The predicted molar refractivity (Wildman–Crippen MR) is 96.1 cm³/mol. The summed E-state index contributed by atoms with van der Waals surface area (Å²) in [7, 11) is 3.19. The molecule has 0 aromatic heterocycles. The van der Waals surface area contributed by atoms with Gasteiger partial charge in [-0.15, -0.1) is 0 Å². The molecule has 0 aliphatic rings. The Kier molecular flexibility index (Phi) is 9.01. The van der Waals surface area contributed by atoms with E-state index >= 15 is 0 Å². The third-order valence-corrected chi connectivity index (χ3v) is 3.52. The molecule has 6 nitrogen and oxygen atoms in total. The summed E-state index contributed by atoms with van der Waals surface area (Å²) in [6.45, 7) is 7.25. The Morgan fingerprint density at radius 1 is 1.08 bits per heavy atom. The summed E-state index contributed by atoms with van der Waals surface area (Å²) in [5, 5.41) is 5.77. The fraction of sp³-hybridized carbons (Fsp3) is 0.611. The maximum absolute atomic E-state index is 12.1. The Balaban J connectivity index is 2.59. The molecule has 0 unspecified atom stereocenters. The molecular weight excluding hydrogens is 308 g/mol. The van der Waals surface area contributed by atoms with Crippen LogP contribution in [0, 0.1) is 5.92 Å². The topological polar surface area (TPSA) is 68.8 Å². The minimum Gasteiger partial charge on any atom is -0.493 e. The molecule has 1 aromatic rings. The Morgan fingerprint density at radius 2 is 1.83 bits per heavy atom. The van der Waals surface area contributed by atoms with E-state index in [2.05, 4.69) is 24.5 Å². The fourth-order valence-electron chi connectivity index (χ4n) is 2.15. The van der Waals surface area contributed by atoms with E-state index in [-0.39, 0.29) is 12.1 Å². The zero-order valence-electron chi connectivity index (χ0n) is 15.3. The summed E-state index contributed by atoms with van der Waals surface area (Å²) in [6, 6.07) is 5.19. The van der Waals surface area contributed by atoms with Crippen LogP contribution in [-0.4, -0.2) is 39.5 Å². The molecule has 0 spiro atoms. The van der Waals surface area contributed by atoms with Gasteiger partial charge in [0.15, 0.2) is 11.5 Å². The molecule has 0 bridgehead atoms. The van der Waals surface area contributed by atoms with Crippen LogP contribution in [0.2, 0.25) is 0 Å². The van der Waals surface area contributed by atoms with E-state index in [1.807, 2.05) is 6.92 Å². The molecule has 0 aliphatic carbocycles. The van der Waals surface area contributed by atoms with E-state index in [1.165, 1.54) is 0 Å². The first-order chi connectivity index (χ1) is 11.5. The minimum atomic E-state index is -0.223. The molecular formula is C18H30N2O4. The van der Waals surface area contributed by atoms with Crippen molar-refractivity contribution >= 4 is 11.7 Å². The highest BCUT2D eigenvalue weighted by atomic mass is 16.5. The Hall–Kier alpha value is -1.95. The molecule has 1 rings (SSSR count). The molecule has 2 amide bonds. The van der Waals surface area contributed by atoms with Crippen LogP contribution in [0.1, 0.15) is 33.6 Å². The van der Waals surface area contributed by atoms with Gasteiger partial charge in [-0.05, 0) is 37.8 Å². The molecule has 0 heterocycles. The largest absolute Gasteiger partial charge is 0.493 e. The highest BCUT2D eigenvalue weighted by Crippen LogP contribution is 2.30. The monoisotopic (exact) mass is 338 g/mol. The summed E-state index contributed by atoms with van der Waals surface area (Å²) in [5.41, 5.74) is 0.650. The van der Waals surface area contributed by atoms with E-state index in [9.17, 15) is 4.79 Å². The van der Waals surface area contributed by atoms with Crippen molar-refractivity contribution in [2.75, 3.05) is 32.8 Å². The fourth-order valence-corrected chi connectivity index (χ4v) is 2.15. The van der Waals surface area contributed by atoms with Gasteiger partial charge in [-0.1, -0.05) is 13.8 Å². The number of methoxy groups -OCH3 is 2. The molecule has 0 aliphatic heterocycles. The number of carbonyl (C=O) groups excluding carboxylic acids is 1. The second-order valence-electron chi connectivity index (χ2n) is 6.18. The summed E-state index contributed by atoms with van der Waals surface area (Å²) < 4.78 is 15.8. The van der Waals surface area contributed by atoms with Crippen LogP contribution in [0.15, 0.2) is 18.2 Å². The van der Waals surface area contributed by atoms with Crippen LogP contribution < -0.4 is 20.1 Å². The quantitative estimate of drug-likeness (QED) is 0.639. The van der Waals surface area contributed by atoms with E-state index in [4.69, 9.17) is 14.2 Å². The first kappa shape index (κ1) is 20.1. The molecule has 0 saturated carbocycles. The third-order valence-electron chi connectivity index (χ3n) is 3.52. The number of amides is 2. The van der Waals surface area contributed by atoms with Crippen molar-refractivity contribution in [3.05, 3.63) is 18.2 Å². The Bertz CT molecular complexity index is 506. The first-order valence-electron chi connectivity index (χ1n) is 8.33. The van der Waals surface area contributed by atoms with Gasteiger partial charge in [0.05, 0.1) is 13.7 Å². The predicted octanol–water partition coefficient (Wildman–Crippen LogP) is 3.67. The molecule has 0 saturated heterocycles. The summed E-state index contributed by atoms with van der Waals surface area (Å²) in [4.78, 5) is 12.1. The number of anilines is 1. The van der Waals surface area contributed by atoms with Crippen molar-refractivity contribution in [3.63, 3.8) is 0 Å². The van der Waals surface area contributed by atoms with Crippen LogP contribution in [0.25, 0.3) is 0 Å². The number of ether oxygens (including phenoxy) is 3. The lowest BCUT2D eigenvalue weighted by Gasteiger charge is -2.16. The number of hydrogen-bond donors (Lipinski definition) is 2. The average molecular weight is 338 g/mol. The van der Waals surface area contributed by atoms with Crippen LogP contribution in [0.5, 0.6) is 11.5 Å². The van der Waals surface area contributed by atoms with Gasteiger partial charge in [0.2, 0.25) is 0 Å². The normalized spacial score (nSPS) is 11.9. The molecule has 1 atom stereocenters. The van der Waals surface area contributed by atoms with Crippen LogP contribution in [0.4, 0.5) is 10.5 Å². The van der Waals surface area contributed by atoms with Crippen molar-refractivity contribution in [3.8, 4) is 11.5 Å². The lowest BCUT2D eigenvalue weighted by atomic mass is 10.0. The van der Waals surface area contributed by atoms with Crippen molar-refractivity contribution in [1.82, 2.24) is 5.32 Å². The zero-order valence-corrected chi connectivity index (χ0v) is 15.3. The van der Waals surface area contributed by atoms with Gasteiger partial charge in [-0.25, -0.2) is 4.79 Å². The van der Waals surface area contributed by atoms with E-state index < -0.39 is 0 Å². The van der Waals surface area contributed by atoms with Gasteiger partial charge in [0.1, 0.15) is 6.61 Å². The lowest BCUT2D eigenvalue weighted by molar-refractivity contribution is 0.144. The van der Waals surface area contributed by atoms with Gasteiger partial charge in [0.25, 0.3) is 0 Å². The van der Waals surface area contributed by atoms with Crippen molar-refractivity contribution in [2.24, 2.45) is 5.92 Å². The number of nitrogens with one attached hydrogen (secondary N) is 2. The van der Waals surface area contributed by atoms with Gasteiger partial charge in [-0.2, -0.15) is 0 Å². The van der Waals surface area contributed by atoms with Crippen LogP contribution in [-0.2, 0) is 4.74 Å². The molecule has 1 aromatic carbocycles. The SMILES string of the molecule is COCCOc1cc(NC(=O)N[C@@H](C)CCC(C)C)ccc1OC. The molecule has 24 heavy (non-hydrogen) atoms. The standard InChI is InChI=1S/C18H30N2O4/c1-13(2)6-7-14(3)19-18(21)20-15-8-9-16(23-5)17(12-15)24-11-10-22-4/h8-9,12-14H,6-7,10-11H2,1-5H3,(H2,19,20,21)/t14-/m0/s1. The molecule has 136 valence electrons. The van der Waals surface area contributed by atoms with Crippen LogP contribution >= 0.6 is 0 Å². The van der Waals surface area contributed by atoms with E-state index in [0.717, 1.165) is 12.8 Å². The number of urea groups is 1. The second kappa shape index (κ2) is 10.8. The van der Waals surface area contributed by atoms with E-state index in [0.29, 0.717) is 36.3 Å². The average Bonchev–Trinajstić information content (AvgIpc) is 2.53. The van der Waals surface area contributed by atoms with Gasteiger partial charge in [-0.3, -0.25) is 0 Å².